The van der Waals surface area contributed by atoms with Crippen LogP contribution in [0.15, 0.2) is 64.6 Å². The number of carbonyl (C=O) groups is 1. The van der Waals surface area contributed by atoms with E-state index in [-0.39, 0.29) is 6.61 Å². The van der Waals surface area contributed by atoms with E-state index in [9.17, 15) is 4.79 Å². The summed E-state index contributed by atoms with van der Waals surface area (Å²) in [5.41, 5.74) is 4.62. The molecule has 0 aliphatic rings. The van der Waals surface area contributed by atoms with Gasteiger partial charge in [0, 0.05) is 11.6 Å². The molecule has 0 fully saturated rings. The third-order valence-corrected chi connectivity index (χ3v) is 4.33. The van der Waals surface area contributed by atoms with Crippen LogP contribution >= 0.6 is 11.3 Å². The normalized spacial score (nSPS) is 10.8. The van der Waals surface area contributed by atoms with Crippen molar-refractivity contribution >= 4 is 27.5 Å². The van der Waals surface area contributed by atoms with E-state index in [2.05, 4.69) is 10.1 Å². The number of ether oxygens (including phenoxy) is 1. The SMILES string of the molecule is O=C(OCc1cc(-c2ccccc2)on1)c1ccc2ncsc2c1. The van der Waals surface area contributed by atoms with Crippen molar-refractivity contribution in [3.63, 3.8) is 0 Å². The summed E-state index contributed by atoms with van der Waals surface area (Å²) in [4.78, 5) is 16.4. The van der Waals surface area contributed by atoms with Gasteiger partial charge in [-0.25, -0.2) is 9.78 Å². The van der Waals surface area contributed by atoms with Crippen molar-refractivity contribution < 1.29 is 14.1 Å². The summed E-state index contributed by atoms with van der Waals surface area (Å²) < 4.78 is 11.6. The van der Waals surface area contributed by atoms with E-state index in [4.69, 9.17) is 9.26 Å². The van der Waals surface area contributed by atoms with Crippen LogP contribution in [-0.2, 0) is 11.3 Å². The zero-order valence-electron chi connectivity index (χ0n) is 12.5. The molecule has 0 saturated carbocycles. The molecule has 0 spiro atoms. The molecular formula is C18H12N2O3S. The predicted octanol–water partition coefficient (Wildman–Crippen LogP) is 4.31. The highest BCUT2D eigenvalue weighted by Gasteiger charge is 2.12. The number of carbonyl (C=O) groups excluding carboxylic acids is 1. The topological polar surface area (TPSA) is 65.2 Å². The number of rotatable bonds is 4. The number of esters is 1. The molecule has 0 radical (unpaired) electrons. The fraction of sp³-hybridized carbons (Fsp3) is 0.0556. The van der Waals surface area contributed by atoms with Gasteiger partial charge in [-0.3, -0.25) is 0 Å². The van der Waals surface area contributed by atoms with E-state index in [0.29, 0.717) is 17.0 Å². The van der Waals surface area contributed by atoms with Gasteiger partial charge in [-0.1, -0.05) is 35.5 Å². The Bertz CT molecular complexity index is 992. The van der Waals surface area contributed by atoms with Crippen LogP contribution in [0.25, 0.3) is 21.5 Å². The van der Waals surface area contributed by atoms with Crippen LogP contribution in [0.3, 0.4) is 0 Å². The van der Waals surface area contributed by atoms with E-state index < -0.39 is 5.97 Å². The Morgan fingerprint density at radius 1 is 1.12 bits per heavy atom. The molecule has 0 aliphatic heterocycles. The predicted molar refractivity (Wildman–Crippen MR) is 90.7 cm³/mol. The van der Waals surface area contributed by atoms with Gasteiger partial charge in [-0.2, -0.15) is 0 Å². The van der Waals surface area contributed by atoms with Crippen LogP contribution < -0.4 is 0 Å². The molecule has 0 saturated heterocycles. The maximum Gasteiger partial charge on any atom is 0.338 e. The Balaban J connectivity index is 1.45. The van der Waals surface area contributed by atoms with E-state index in [1.54, 1.807) is 23.7 Å². The lowest BCUT2D eigenvalue weighted by atomic mass is 10.2. The van der Waals surface area contributed by atoms with Crippen LogP contribution in [0, 0.1) is 0 Å². The molecule has 5 nitrogen and oxygen atoms in total. The molecule has 4 rings (SSSR count). The minimum absolute atomic E-state index is 0.0654. The average molecular weight is 336 g/mol. The molecule has 24 heavy (non-hydrogen) atoms. The van der Waals surface area contributed by atoms with Crippen molar-refractivity contribution in [2.24, 2.45) is 0 Å². The second-order valence-electron chi connectivity index (χ2n) is 5.16. The Hall–Kier alpha value is -2.99. The van der Waals surface area contributed by atoms with E-state index in [0.717, 1.165) is 15.8 Å². The van der Waals surface area contributed by atoms with Gasteiger partial charge in [0.05, 0.1) is 21.3 Å². The first-order chi connectivity index (χ1) is 11.8. The van der Waals surface area contributed by atoms with Gasteiger partial charge in [-0.15, -0.1) is 11.3 Å². The molecule has 0 aliphatic carbocycles. The summed E-state index contributed by atoms with van der Waals surface area (Å²) in [6.07, 6.45) is 0. The lowest BCUT2D eigenvalue weighted by Crippen LogP contribution is -2.05. The fourth-order valence-corrected chi connectivity index (χ4v) is 3.04. The molecule has 0 amide bonds. The Morgan fingerprint density at radius 2 is 2.00 bits per heavy atom. The molecule has 2 heterocycles. The molecule has 2 aromatic carbocycles. The third-order valence-electron chi connectivity index (χ3n) is 3.54. The zero-order valence-corrected chi connectivity index (χ0v) is 13.3. The first-order valence-corrected chi connectivity index (χ1v) is 8.19. The number of aromatic nitrogens is 2. The lowest BCUT2D eigenvalue weighted by Gasteiger charge is -2.02. The highest BCUT2D eigenvalue weighted by atomic mass is 32.1. The van der Waals surface area contributed by atoms with Gasteiger partial charge in [-0.05, 0) is 18.2 Å². The van der Waals surface area contributed by atoms with Crippen molar-refractivity contribution in [1.29, 1.82) is 0 Å². The van der Waals surface area contributed by atoms with Gasteiger partial charge < -0.3 is 9.26 Å². The van der Waals surface area contributed by atoms with Crippen LogP contribution in [0.1, 0.15) is 16.1 Å². The summed E-state index contributed by atoms with van der Waals surface area (Å²) in [6.45, 7) is 0.0654. The Labute approximate surface area is 141 Å². The second kappa shape index (κ2) is 6.25. The van der Waals surface area contributed by atoms with Gasteiger partial charge in [0.15, 0.2) is 5.76 Å². The number of benzene rings is 2. The zero-order chi connectivity index (χ0) is 16.4. The number of hydrogen-bond acceptors (Lipinski definition) is 6. The summed E-state index contributed by atoms with van der Waals surface area (Å²) in [5, 5.41) is 3.94. The molecule has 6 heteroatoms. The largest absolute Gasteiger partial charge is 0.455 e. The number of thiazole rings is 1. The second-order valence-corrected chi connectivity index (χ2v) is 6.05. The third kappa shape index (κ3) is 2.91. The van der Waals surface area contributed by atoms with Gasteiger partial charge in [0.2, 0.25) is 0 Å². The minimum Gasteiger partial charge on any atom is -0.455 e. The van der Waals surface area contributed by atoms with Crippen molar-refractivity contribution in [2.45, 2.75) is 6.61 Å². The van der Waals surface area contributed by atoms with Gasteiger partial charge in [0.25, 0.3) is 0 Å². The average Bonchev–Trinajstić information content (AvgIpc) is 3.29. The summed E-state index contributed by atoms with van der Waals surface area (Å²) in [6, 6.07) is 16.7. The van der Waals surface area contributed by atoms with Crippen LogP contribution in [0.4, 0.5) is 0 Å². The Kier molecular flexibility index (Phi) is 3.80. The molecule has 4 aromatic rings. The number of fused-ring (bicyclic) bond motifs is 1. The molecule has 0 bridgehead atoms. The van der Waals surface area contributed by atoms with E-state index in [1.165, 1.54) is 11.3 Å². The molecular weight excluding hydrogens is 324 g/mol. The standard InChI is InChI=1S/C18H12N2O3S/c21-18(13-6-7-15-17(8-13)24-11-19-15)22-10-14-9-16(23-20-14)12-4-2-1-3-5-12/h1-9,11H,10H2. The molecule has 0 N–H and O–H groups in total. The smallest absolute Gasteiger partial charge is 0.338 e. The monoisotopic (exact) mass is 336 g/mol. The quantitative estimate of drug-likeness (QED) is 0.520. The van der Waals surface area contributed by atoms with Crippen molar-refractivity contribution in [3.8, 4) is 11.3 Å². The highest BCUT2D eigenvalue weighted by Crippen LogP contribution is 2.21. The molecule has 0 atom stereocenters. The molecule has 118 valence electrons. The highest BCUT2D eigenvalue weighted by molar-refractivity contribution is 7.16. The van der Waals surface area contributed by atoms with Crippen molar-refractivity contribution in [3.05, 3.63) is 71.4 Å². The maximum atomic E-state index is 12.2. The van der Waals surface area contributed by atoms with Gasteiger partial charge in [0.1, 0.15) is 12.3 Å². The van der Waals surface area contributed by atoms with Crippen molar-refractivity contribution in [1.82, 2.24) is 10.1 Å². The minimum atomic E-state index is -0.394. The van der Waals surface area contributed by atoms with Gasteiger partial charge >= 0.3 is 5.97 Å². The molecule has 0 unspecified atom stereocenters. The van der Waals surface area contributed by atoms with Crippen LogP contribution in [0.2, 0.25) is 0 Å². The Morgan fingerprint density at radius 3 is 2.88 bits per heavy atom. The van der Waals surface area contributed by atoms with Crippen LogP contribution in [0.5, 0.6) is 0 Å². The van der Waals surface area contributed by atoms with Crippen LogP contribution in [-0.4, -0.2) is 16.1 Å². The lowest BCUT2D eigenvalue weighted by molar-refractivity contribution is 0.0464. The number of nitrogens with zero attached hydrogens (tertiary/aromatic N) is 2. The number of hydrogen-bond donors (Lipinski definition) is 0. The van der Waals surface area contributed by atoms with Crippen molar-refractivity contribution in [2.75, 3.05) is 0 Å². The first kappa shape index (κ1) is 14.6. The maximum absolute atomic E-state index is 12.2. The summed E-state index contributed by atoms with van der Waals surface area (Å²) in [5.74, 6) is 0.252. The van der Waals surface area contributed by atoms with E-state index >= 15 is 0 Å². The molecule has 2 aromatic heterocycles. The summed E-state index contributed by atoms with van der Waals surface area (Å²) >= 11 is 1.49. The van der Waals surface area contributed by atoms with E-state index in [1.807, 2.05) is 36.4 Å². The summed E-state index contributed by atoms with van der Waals surface area (Å²) in [7, 11) is 0. The fourth-order valence-electron chi connectivity index (χ4n) is 2.32. The first-order valence-electron chi connectivity index (χ1n) is 7.31.